The molecule has 0 aliphatic rings. The van der Waals surface area contributed by atoms with E-state index in [4.69, 9.17) is 0 Å². The van der Waals surface area contributed by atoms with Crippen LogP contribution in [-0.4, -0.2) is 43.8 Å². The average Bonchev–Trinajstić information content (AvgIpc) is 2.34. The Hall–Kier alpha value is -0.930. The van der Waals surface area contributed by atoms with Crippen molar-refractivity contribution in [2.24, 2.45) is 0 Å². The number of aromatic nitrogens is 2. The summed E-state index contributed by atoms with van der Waals surface area (Å²) in [6.07, 6.45) is 1.42. The van der Waals surface area contributed by atoms with Gasteiger partial charge in [-0.1, -0.05) is 6.92 Å². The van der Waals surface area contributed by atoms with E-state index in [9.17, 15) is 8.42 Å². The molecule has 1 rings (SSSR count). The van der Waals surface area contributed by atoms with Crippen LogP contribution in [0, 0.1) is 0 Å². The zero-order valence-electron chi connectivity index (χ0n) is 10.9. The van der Waals surface area contributed by atoms with Gasteiger partial charge in [-0.25, -0.2) is 23.1 Å². The van der Waals surface area contributed by atoms with Crippen LogP contribution in [0.15, 0.2) is 10.8 Å². The fourth-order valence-corrected chi connectivity index (χ4v) is 2.82. The molecule has 0 amide bonds. The van der Waals surface area contributed by atoms with Gasteiger partial charge in [0.25, 0.3) is 0 Å². The number of hydrogen-bond acceptors (Lipinski definition) is 6. The van der Waals surface area contributed by atoms with Crippen molar-refractivity contribution in [2.75, 3.05) is 36.0 Å². The number of hydrogen-bond donors (Lipinski definition) is 3. The van der Waals surface area contributed by atoms with Crippen LogP contribution < -0.4 is 15.4 Å². The number of anilines is 2. The van der Waals surface area contributed by atoms with Crippen LogP contribution in [0.5, 0.6) is 0 Å². The van der Waals surface area contributed by atoms with Gasteiger partial charge in [-0.05, 0) is 22.9 Å². The fourth-order valence-electron chi connectivity index (χ4n) is 1.38. The Morgan fingerprint density at radius 2 is 1.79 bits per heavy atom. The molecule has 0 bridgehead atoms. The summed E-state index contributed by atoms with van der Waals surface area (Å²) in [5.74, 6) is 1.24. The zero-order chi connectivity index (χ0) is 14.3. The molecule has 1 aromatic rings. The molecule has 0 aromatic carbocycles. The van der Waals surface area contributed by atoms with E-state index in [1.165, 1.54) is 6.33 Å². The first-order chi connectivity index (χ1) is 9.00. The van der Waals surface area contributed by atoms with Crippen molar-refractivity contribution in [1.82, 2.24) is 14.7 Å². The molecule has 9 heteroatoms. The molecule has 7 nitrogen and oxygen atoms in total. The molecular formula is C10H18BrN5O2S. The van der Waals surface area contributed by atoms with Gasteiger partial charge >= 0.3 is 0 Å². The maximum absolute atomic E-state index is 11.5. The highest BCUT2D eigenvalue weighted by Crippen LogP contribution is 2.25. The first-order valence-corrected chi connectivity index (χ1v) is 8.40. The summed E-state index contributed by atoms with van der Waals surface area (Å²) >= 11 is 3.38. The topological polar surface area (TPSA) is 96.0 Å². The van der Waals surface area contributed by atoms with Crippen molar-refractivity contribution < 1.29 is 8.42 Å². The highest BCUT2D eigenvalue weighted by Gasteiger charge is 2.10. The van der Waals surface area contributed by atoms with Gasteiger partial charge in [-0.2, -0.15) is 0 Å². The zero-order valence-corrected chi connectivity index (χ0v) is 13.3. The molecule has 0 spiro atoms. The highest BCUT2D eigenvalue weighted by molar-refractivity contribution is 9.10. The van der Waals surface area contributed by atoms with E-state index in [-0.39, 0.29) is 12.3 Å². The molecule has 0 saturated carbocycles. The number of nitrogens with zero attached hydrogens (tertiary/aromatic N) is 2. The molecule has 0 saturated heterocycles. The van der Waals surface area contributed by atoms with Gasteiger partial charge in [0.15, 0.2) is 0 Å². The van der Waals surface area contributed by atoms with E-state index in [2.05, 4.69) is 41.3 Å². The van der Waals surface area contributed by atoms with Crippen molar-refractivity contribution >= 4 is 37.6 Å². The summed E-state index contributed by atoms with van der Waals surface area (Å²) in [6.45, 7) is 5.11. The summed E-state index contributed by atoms with van der Waals surface area (Å²) in [4.78, 5) is 8.14. The van der Waals surface area contributed by atoms with Crippen molar-refractivity contribution in [3.8, 4) is 0 Å². The Bertz CT molecular complexity index is 509. The van der Waals surface area contributed by atoms with E-state index in [1.54, 1.807) is 6.92 Å². The Balaban J connectivity index is 2.61. The lowest BCUT2D eigenvalue weighted by atomic mass is 10.5. The molecule has 0 radical (unpaired) electrons. The minimum Gasteiger partial charge on any atom is -0.369 e. The summed E-state index contributed by atoms with van der Waals surface area (Å²) in [7, 11) is -3.22. The van der Waals surface area contributed by atoms with Gasteiger partial charge in [0.1, 0.15) is 22.4 Å². The molecule has 1 aromatic heterocycles. The standard InChI is InChI=1S/C10H18BrN5O2S/c1-3-12-9-8(11)10(15-7-14-9)13-5-6-19(17,18)16-4-2/h7,16H,3-6H2,1-2H3,(H2,12,13,14,15). The molecule has 108 valence electrons. The van der Waals surface area contributed by atoms with Crippen molar-refractivity contribution in [1.29, 1.82) is 0 Å². The van der Waals surface area contributed by atoms with Gasteiger partial charge in [0, 0.05) is 19.6 Å². The molecule has 0 atom stereocenters. The number of halogens is 1. The van der Waals surface area contributed by atoms with Gasteiger partial charge in [0.2, 0.25) is 10.0 Å². The van der Waals surface area contributed by atoms with Crippen LogP contribution in [0.25, 0.3) is 0 Å². The van der Waals surface area contributed by atoms with E-state index in [0.29, 0.717) is 22.7 Å². The largest absolute Gasteiger partial charge is 0.369 e. The molecule has 0 fully saturated rings. The number of rotatable bonds is 8. The Labute approximate surface area is 121 Å². The van der Waals surface area contributed by atoms with Crippen LogP contribution in [0.3, 0.4) is 0 Å². The summed E-state index contributed by atoms with van der Waals surface area (Å²) < 4.78 is 26.1. The molecular weight excluding hydrogens is 334 g/mol. The first-order valence-electron chi connectivity index (χ1n) is 5.95. The third-order valence-corrected chi connectivity index (χ3v) is 4.38. The van der Waals surface area contributed by atoms with Gasteiger partial charge in [-0.3, -0.25) is 0 Å². The smallest absolute Gasteiger partial charge is 0.213 e. The van der Waals surface area contributed by atoms with E-state index in [1.807, 2.05) is 6.92 Å². The summed E-state index contributed by atoms with van der Waals surface area (Å²) in [5, 5.41) is 6.04. The van der Waals surface area contributed by atoms with Gasteiger partial charge < -0.3 is 10.6 Å². The second-order valence-corrected chi connectivity index (χ2v) is 6.38. The molecule has 19 heavy (non-hydrogen) atoms. The van der Waals surface area contributed by atoms with Crippen molar-refractivity contribution in [2.45, 2.75) is 13.8 Å². The van der Waals surface area contributed by atoms with E-state index >= 15 is 0 Å². The highest BCUT2D eigenvalue weighted by atomic mass is 79.9. The van der Waals surface area contributed by atoms with E-state index in [0.717, 1.165) is 6.54 Å². The van der Waals surface area contributed by atoms with E-state index < -0.39 is 10.0 Å². The third-order valence-electron chi connectivity index (χ3n) is 2.16. The molecule has 0 unspecified atom stereocenters. The fraction of sp³-hybridized carbons (Fsp3) is 0.600. The van der Waals surface area contributed by atoms with Crippen LogP contribution in [0.1, 0.15) is 13.8 Å². The van der Waals surface area contributed by atoms with Crippen molar-refractivity contribution in [3.05, 3.63) is 10.8 Å². The van der Waals surface area contributed by atoms with Gasteiger partial charge in [0.05, 0.1) is 5.75 Å². The molecule has 0 aliphatic heterocycles. The lowest BCUT2D eigenvalue weighted by Gasteiger charge is -2.11. The second kappa shape index (κ2) is 7.61. The average molecular weight is 352 g/mol. The second-order valence-electron chi connectivity index (χ2n) is 3.66. The predicted octanol–water partition coefficient (Wildman–Crippen LogP) is 1.02. The van der Waals surface area contributed by atoms with Crippen molar-refractivity contribution in [3.63, 3.8) is 0 Å². The SMILES string of the molecule is CCNc1ncnc(NCCS(=O)(=O)NCC)c1Br. The van der Waals surface area contributed by atoms with Crippen LogP contribution in [0.2, 0.25) is 0 Å². The number of nitrogens with one attached hydrogen (secondary N) is 3. The molecule has 3 N–H and O–H groups in total. The van der Waals surface area contributed by atoms with Crippen LogP contribution in [-0.2, 0) is 10.0 Å². The maximum atomic E-state index is 11.5. The number of sulfonamides is 1. The van der Waals surface area contributed by atoms with Crippen LogP contribution in [0.4, 0.5) is 11.6 Å². The monoisotopic (exact) mass is 351 g/mol. The minimum atomic E-state index is -3.22. The maximum Gasteiger partial charge on any atom is 0.213 e. The Morgan fingerprint density at radius 1 is 1.16 bits per heavy atom. The summed E-state index contributed by atoms with van der Waals surface area (Å²) in [5.41, 5.74) is 0. The molecule has 1 heterocycles. The normalized spacial score (nSPS) is 11.3. The first kappa shape index (κ1) is 16.1. The third kappa shape index (κ3) is 5.29. The predicted molar refractivity (Wildman–Crippen MR) is 79.8 cm³/mol. The van der Waals surface area contributed by atoms with Crippen LogP contribution >= 0.6 is 15.9 Å². The Morgan fingerprint density at radius 3 is 2.37 bits per heavy atom. The Kier molecular flexibility index (Phi) is 6.46. The summed E-state index contributed by atoms with van der Waals surface area (Å²) in [6, 6.07) is 0. The minimum absolute atomic E-state index is 0.00613. The lowest BCUT2D eigenvalue weighted by Crippen LogP contribution is -2.29. The quantitative estimate of drug-likeness (QED) is 0.647. The lowest BCUT2D eigenvalue weighted by molar-refractivity contribution is 0.584. The van der Waals surface area contributed by atoms with Gasteiger partial charge in [-0.15, -0.1) is 0 Å². The molecule has 0 aliphatic carbocycles.